The minimum atomic E-state index is -0.145. The normalized spacial score (nSPS) is 23.1. The number of likely N-dealkylation sites (tertiary alicyclic amines) is 1. The average molecular weight is 199 g/mol. The largest absolute Gasteiger partial charge is 0.303 e. The van der Waals surface area contributed by atoms with Crippen LogP contribution in [0.25, 0.3) is 0 Å². The Hall–Kier alpha value is -0.940. The summed E-state index contributed by atoms with van der Waals surface area (Å²) in [7, 11) is 0. The number of hydrogen-bond acceptors (Lipinski definition) is 4. The number of amides is 1. The molecule has 0 aromatic carbocycles. The molecule has 1 rings (SSSR count). The highest BCUT2D eigenvalue weighted by Crippen LogP contribution is 2.16. The molecule has 5 heteroatoms. The van der Waals surface area contributed by atoms with Crippen LogP contribution < -0.4 is 11.3 Å². The van der Waals surface area contributed by atoms with E-state index in [9.17, 15) is 9.59 Å². The van der Waals surface area contributed by atoms with Crippen molar-refractivity contribution in [1.82, 2.24) is 10.3 Å². The summed E-state index contributed by atoms with van der Waals surface area (Å²) in [6.45, 7) is 1.54. The molecule has 3 N–H and O–H groups in total. The first kappa shape index (κ1) is 11.1. The number of nitrogens with two attached hydrogens (primary N) is 1. The Kier molecular flexibility index (Phi) is 4.55. The number of hydrazine groups is 1. The molecule has 1 atom stereocenters. The molecular weight excluding hydrogens is 182 g/mol. The zero-order valence-corrected chi connectivity index (χ0v) is 8.24. The summed E-state index contributed by atoms with van der Waals surface area (Å²) >= 11 is 0. The zero-order chi connectivity index (χ0) is 10.4. The van der Waals surface area contributed by atoms with Crippen LogP contribution in [0, 0.1) is 0 Å². The number of nitrogens with one attached hydrogen (secondary N) is 1. The zero-order valence-electron chi connectivity index (χ0n) is 8.24. The van der Waals surface area contributed by atoms with Crippen LogP contribution in [0.2, 0.25) is 0 Å². The molecule has 1 amide bonds. The van der Waals surface area contributed by atoms with Crippen LogP contribution in [0.3, 0.4) is 0 Å². The first-order valence-electron chi connectivity index (χ1n) is 4.97. The number of carbonyl (C=O) groups is 2. The van der Waals surface area contributed by atoms with E-state index in [0.717, 1.165) is 32.1 Å². The summed E-state index contributed by atoms with van der Waals surface area (Å²) in [6, 6.07) is -0.145. The van der Waals surface area contributed by atoms with Gasteiger partial charge in [0.05, 0.1) is 6.04 Å². The summed E-state index contributed by atoms with van der Waals surface area (Å²) < 4.78 is 0. The maximum atomic E-state index is 11.4. The third kappa shape index (κ3) is 2.78. The molecule has 80 valence electrons. The third-order valence-electron chi connectivity index (χ3n) is 2.59. The maximum Gasteiger partial charge on any atom is 0.251 e. The number of nitrogens with zero attached hydrogens (tertiary/aromatic N) is 1. The van der Waals surface area contributed by atoms with Crippen LogP contribution in [0.4, 0.5) is 0 Å². The molecule has 1 fully saturated rings. The highest BCUT2D eigenvalue weighted by Gasteiger charge is 2.27. The van der Waals surface area contributed by atoms with Gasteiger partial charge in [0.15, 0.2) is 0 Å². The van der Waals surface area contributed by atoms with Crippen molar-refractivity contribution in [2.75, 3.05) is 13.1 Å². The van der Waals surface area contributed by atoms with Crippen molar-refractivity contribution in [1.29, 1.82) is 0 Å². The second-order valence-electron chi connectivity index (χ2n) is 3.51. The van der Waals surface area contributed by atoms with E-state index in [1.54, 1.807) is 0 Å². The van der Waals surface area contributed by atoms with Gasteiger partial charge in [-0.25, -0.2) is 5.84 Å². The minimum absolute atomic E-state index is 0.143. The fourth-order valence-electron chi connectivity index (χ4n) is 1.87. The molecule has 0 saturated carbocycles. The lowest BCUT2D eigenvalue weighted by Crippen LogP contribution is -2.51. The van der Waals surface area contributed by atoms with Gasteiger partial charge in [-0.1, -0.05) is 6.42 Å². The van der Waals surface area contributed by atoms with Gasteiger partial charge < -0.3 is 4.79 Å². The fraction of sp³-hybridized carbons (Fsp3) is 0.778. The molecule has 5 nitrogen and oxygen atoms in total. The van der Waals surface area contributed by atoms with Gasteiger partial charge in [-0.2, -0.15) is 0 Å². The highest BCUT2D eigenvalue weighted by molar-refractivity contribution is 5.81. The van der Waals surface area contributed by atoms with Crippen LogP contribution in [-0.2, 0) is 9.59 Å². The molecule has 0 bridgehead atoms. The molecule has 0 aromatic rings. The smallest absolute Gasteiger partial charge is 0.251 e. The van der Waals surface area contributed by atoms with Gasteiger partial charge in [0, 0.05) is 13.0 Å². The Balaban J connectivity index is 2.49. The van der Waals surface area contributed by atoms with Gasteiger partial charge in [0.2, 0.25) is 0 Å². The van der Waals surface area contributed by atoms with Gasteiger partial charge in [-0.15, -0.1) is 0 Å². The van der Waals surface area contributed by atoms with Crippen molar-refractivity contribution in [3.05, 3.63) is 0 Å². The number of aldehydes is 1. The predicted molar refractivity (Wildman–Crippen MR) is 52.2 cm³/mol. The summed E-state index contributed by atoms with van der Waals surface area (Å²) in [5, 5.41) is 0. The van der Waals surface area contributed by atoms with Gasteiger partial charge >= 0.3 is 0 Å². The van der Waals surface area contributed by atoms with E-state index in [2.05, 4.69) is 5.43 Å². The van der Waals surface area contributed by atoms with Crippen molar-refractivity contribution in [3.8, 4) is 0 Å². The van der Waals surface area contributed by atoms with Gasteiger partial charge in [-0.05, 0) is 19.4 Å². The number of rotatable bonds is 4. The van der Waals surface area contributed by atoms with Crippen molar-refractivity contribution in [2.45, 2.75) is 31.7 Å². The Morgan fingerprint density at radius 3 is 3.00 bits per heavy atom. The molecule has 0 aromatic heterocycles. The summed E-state index contributed by atoms with van der Waals surface area (Å²) in [4.78, 5) is 23.6. The molecular formula is C9H17N3O2. The monoisotopic (exact) mass is 199 g/mol. The van der Waals surface area contributed by atoms with Crippen molar-refractivity contribution >= 4 is 12.2 Å². The van der Waals surface area contributed by atoms with E-state index < -0.39 is 0 Å². The Labute approximate surface area is 83.6 Å². The molecule has 0 radical (unpaired) electrons. The number of hydrogen-bond donors (Lipinski definition) is 2. The van der Waals surface area contributed by atoms with E-state index >= 15 is 0 Å². The van der Waals surface area contributed by atoms with Crippen molar-refractivity contribution < 1.29 is 9.59 Å². The summed E-state index contributed by atoms with van der Waals surface area (Å²) in [5.41, 5.74) is 2.17. The van der Waals surface area contributed by atoms with E-state index in [0.29, 0.717) is 13.0 Å². The molecule has 0 aliphatic carbocycles. The van der Waals surface area contributed by atoms with Gasteiger partial charge in [0.25, 0.3) is 5.91 Å². The molecule has 1 unspecified atom stereocenters. The lowest BCUT2D eigenvalue weighted by Gasteiger charge is -2.33. The Morgan fingerprint density at radius 1 is 1.57 bits per heavy atom. The van der Waals surface area contributed by atoms with Gasteiger partial charge in [-0.3, -0.25) is 15.1 Å². The molecule has 1 heterocycles. The van der Waals surface area contributed by atoms with Crippen LogP contribution >= 0.6 is 0 Å². The fourth-order valence-corrected chi connectivity index (χ4v) is 1.87. The van der Waals surface area contributed by atoms with Gasteiger partial charge in [0.1, 0.15) is 6.29 Å². The second-order valence-corrected chi connectivity index (χ2v) is 3.51. The maximum absolute atomic E-state index is 11.4. The summed E-state index contributed by atoms with van der Waals surface area (Å²) in [5.74, 6) is 4.96. The molecule has 1 aliphatic heterocycles. The van der Waals surface area contributed by atoms with E-state index in [1.165, 1.54) is 0 Å². The number of piperidine rings is 1. The standard InChI is InChI=1S/C9H17N3O2/c10-11-9(14)8-4-1-2-5-12(8)6-3-7-13/h7-8H,1-6,10H2,(H,11,14). The van der Waals surface area contributed by atoms with Crippen LogP contribution in [0.15, 0.2) is 0 Å². The molecule has 14 heavy (non-hydrogen) atoms. The lowest BCUT2D eigenvalue weighted by atomic mass is 10.0. The molecule has 0 spiro atoms. The minimum Gasteiger partial charge on any atom is -0.303 e. The van der Waals surface area contributed by atoms with Crippen LogP contribution in [0.5, 0.6) is 0 Å². The van der Waals surface area contributed by atoms with Crippen molar-refractivity contribution in [3.63, 3.8) is 0 Å². The van der Waals surface area contributed by atoms with Crippen LogP contribution in [0.1, 0.15) is 25.7 Å². The topological polar surface area (TPSA) is 75.4 Å². The van der Waals surface area contributed by atoms with Crippen LogP contribution in [-0.4, -0.2) is 36.2 Å². The third-order valence-corrected chi connectivity index (χ3v) is 2.59. The Bertz CT molecular complexity index is 208. The predicted octanol–water partition coefficient (Wildman–Crippen LogP) is -0.580. The average Bonchev–Trinajstić information content (AvgIpc) is 2.25. The van der Waals surface area contributed by atoms with E-state index in [1.807, 2.05) is 4.90 Å². The van der Waals surface area contributed by atoms with Crippen molar-refractivity contribution in [2.24, 2.45) is 5.84 Å². The second kappa shape index (κ2) is 5.72. The lowest BCUT2D eigenvalue weighted by molar-refractivity contribution is -0.128. The summed E-state index contributed by atoms with van der Waals surface area (Å²) in [6.07, 6.45) is 4.34. The van der Waals surface area contributed by atoms with E-state index in [4.69, 9.17) is 5.84 Å². The highest BCUT2D eigenvalue weighted by atomic mass is 16.2. The number of carbonyl (C=O) groups excluding carboxylic acids is 2. The quantitative estimate of drug-likeness (QED) is 0.275. The molecule has 1 aliphatic rings. The first-order chi connectivity index (χ1) is 6.79. The van der Waals surface area contributed by atoms with E-state index in [-0.39, 0.29) is 11.9 Å². The first-order valence-corrected chi connectivity index (χ1v) is 4.97. The Morgan fingerprint density at radius 2 is 2.36 bits per heavy atom. The SMILES string of the molecule is NNC(=O)C1CCCCN1CCC=O. The molecule has 1 saturated heterocycles.